The molecule has 0 spiro atoms. The highest BCUT2D eigenvalue weighted by Gasteiger charge is 2.29. The summed E-state index contributed by atoms with van der Waals surface area (Å²) < 4.78 is 5.23. The number of ether oxygens (including phenoxy) is 1. The third kappa shape index (κ3) is 4.15. The third-order valence-electron chi connectivity index (χ3n) is 3.09. The highest BCUT2D eigenvalue weighted by molar-refractivity contribution is 5.82. The van der Waals surface area contributed by atoms with Gasteiger partial charge < -0.3 is 25.6 Å². The van der Waals surface area contributed by atoms with Crippen LogP contribution >= 0.6 is 0 Å². The molecule has 0 radical (unpaired) electrons. The summed E-state index contributed by atoms with van der Waals surface area (Å²) in [6, 6.07) is -1.69. The maximum Gasteiger partial charge on any atom is 0.326 e. The van der Waals surface area contributed by atoms with E-state index in [4.69, 9.17) is 14.9 Å². The predicted molar refractivity (Wildman–Crippen MR) is 63.2 cm³/mol. The van der Waals surface area contributed by atoms with Crippen molar-refractivity contribution in [2.75, 3.05) is 13.7 Å². The average molecular weight is 260 g/mol. The molecule has 1 rings (SSSR count). The number of aliphatic hydroxyl groups is 1. The van der Waals surface area contributed by atoms with Gasteiger partial charge in [0.25, 0.3) is 0 Å². The van der Waals surface area contributed by atoms with E-state index in [2.05, 4.69) is 10.6 Å². The number of aliphatic hydroxyl groups excluding tert-OH is 1. The molecule has 4 N–H and O–H groups in total. The smallest absolute Gasteiger partial charge is 0.326 e. The Kier molecular flexibility index (Phi) is 5.87. The zero-order valence-corrected chi connectivity index (χ0v) is 10.4. The molecule has 0 aromatic heterocycles. The summed E-state index contributed by atoms with van der Waals surface area (Å²) in [5, 5.41) is 22.6. The van der Waals surface area contributed by atoms with Crippen LogP contribution in [0.25, 0.3) is 0 Å². The molecule has 0 bridgehead atoms. The molecule has 2 unspecified atom stereocenters. The summed E-state index contributed by atoms with van der Waals surface area (Å²) in [6.45, 7) is -0.290. The second kappa shape index (κ2) is 7.17. The lowest BCUT2D eigenvalue weighted by Gasteiger charge is -2.21. The number of hydrogen-bond acceptors (Lipinski definition) is 4. The van der Waals surface area contributed by atoms with Crippen LogP contribution in [0.4, 0.5) is 4.79 Å². The van der Waals surface area contributed by atoms with Gasteiger partial charge in [-0.05, 0) is 19.3 Å². The Hall–Kier alpha value is -1.34. The number of rotatable bonds is 6. The third-order valence-corrected chi connectivity index (χ3v) is 3.09. The number of carbonyl (C=O) groups excluding carboxylic acids is 1. The molecular formula is C11H20N2O5. The first-order valence-corrected chi connectivity index (χ1v) is 6.02. The minimum absolute atomic E-state index is 0.0128. The van der Waals surface area contributed by atoms with Crippen molar-refractivity contribution in [3.8, 4) is 0 Å². The molecule has 0 saturated heterocycles. The van der Waals surface area contributed by atoms with E-state index in [0.717, 1.165) is 19.3 Å². The molecule has 104 valence electrons. The molecule has 1 saturated carbocycles. The monoisotopic (exact) mass is 260 g/mol. The lowest BCUT2D eigenvalue weighted by Crippen LogP contribution is -2.51. The Morgan fingerprint density at radius 2 is 2.17 bits per heavy atom. The van der Waals surface area contributed by atoms with E-state index in [9.17, 15) is 9.59 Å². The van der Waals surface area contributed by atoms with E-state index < -0.39 is 18.0 Å². The lowest BCUT2D eigenvalue weighted by molar-refractivity contribution is -0.139. The van der Waals surface area contributed by atoms with Gasteiger partial charge in [0.15, 0.2) is 0 Å². The quantitative estimate of drug-likeness (QED) is 0.524. The Bertz CT molecular complexity index is 297. The van der Waals surface area contributed by atoms with Crippen molar-refractivity contribution >= 4 is 12.0 Å². The van der Waals surface area contributed by atoms with E-state index in [1.807, 2.05) is 0 Å². The first-order chi connectivity index (χ1) is 8.58. The first kappa shape index (κ1) is 14.7. The van der Waals surface area contributed by atoms with Crippen LogP contribution in [-0.2, 0) is 9.53 Å². The van der Waals surface area contributed by atoms with Gasteiger partial charge in [-0.3, -0.25) is 0 Å². The largest absolute Gasteiger partial charge is 0.480 e. The Balaban J connectivity index is 2.42. The zero-order valence-electron chi connectivity index (χ0n) is 10.4. The van der Waals surface area contributed by atoms with E-state index in [0.29, 0.717) is 0 Å². The molecule has 1 aliphatic carbocycles. The van der Waals surface area contributed by atoms with Gasteiger partial charge in [-0.2, -0.15) is 0 Å². The Morgan fingerprint density at radius 1 is 1.44 bits per heavy atom. The number of urea groups is 1. The summed E-state index contributed by atoms with van der Waals surface area (Å²) in [4.78, 5) is 22.4. The normalized spacial score (nSPS) is 24.6. The summed E-state index contributed by atoms with van der Waals surface area (Å²) in [6.07, 6.45) is 2.66. The van der Waals surface area contributed by atoms with Crippen LogP contribution < -0.4 is 10.6 Å². The number of hydrogen-bond donors (Lipinski definition) is 4. The molecule has 7 nitrogen and oxygen atoms in total. The lowest BCUT2D eigenvalue weighted by atomic mass is 10.2. The van der Waals surface area contributed by atoms with Gasteiger partial charge >= 0.3 is 12.0 Å². The van der Waals surface area contributed by atoms with Crippen molar-refractivity contribution in [3.05, 3.63) is 0 Å². The van der Waals surface area contributed by atoms with Crippen molar-refractivity contribution in [1.29, 1.82) is 0 Å². The number of methoxy groups -OCH3 is 1. The molecule has 1 aliphatic rings. The Morgan fingerprint density at radius 3 is 2.72 bits per heavy atom. The van der Waals surface area contributed by atoms with Gasteiger partial charge in [-0.1, -0.05) is 0 Å². The van der Waals surface area contributed by atoms with Crippen LogP contribution in [0, 0.1) is 0 Å². The summed E-state index contributed by atoms with van der Waals surface area (Å²) in [7, 11) is 1.59. The number of carboxylic acid groups (broad SMARTS) is 1. The van der Waals surface area contributed by atoms with E-state index in [1.54, 1.807) is 7.11 Å². The summed E-state index contributed by atoms with van der Waals surface area (Å²) in [5.74, 6) is -1.16. The maximum absolute atomic E-state index is 11.6. The molecule has 0 aliphatic heterocycles. The van der Waals surface area contributed by atoms with Crippen molar-refractivity contribution in [2.45, 2.75) is 43.9 Å². The highest BCUT2D eigenvalue weighted by atomic mass is 16.5. The second-order valence-corrected chi connectivity index (χ2v) is 4.33. The number of nitrogens with one attached hydrogen (secondary N) is 2. The molecule has 2 amide bonds. The van der Waals surface area contributed by atoms with Crippen molar-refractivity contribution < 1.29 is 24.5 Å². The molecule has 1 fully saturated rings. The van der Waals surface area contributed by atoms with Crippen LogP contribution in [0.5, 0.6) is 0 Å². The second-order valence-electron chi connectivity index (χ2n) is 4.33. The van der Waals surface area contributed by atoms with Gasteiger partial charge in [0.2, 0.25) is 0 Å². The number of carboxylic acids is 1. The molecule has 18 heavy (non-hydrogen) atoms. The predicted octanol–water partition coefficient (Wildman–Crippen LogP) is -0.311. The molecule has 7 heteroatoms. The molecule has 0 heterocycles. The fourth-order valence-corrected chi connectivity index (χ4v) is 2.13. The Labute approximate surface area is 106 Å². The van der Waals surface area contributed by atoms with Gasteiger partial charge in [-0.15, -0.1) is 0 Å². The fraction of sp³-hybridized carbons (Fsp3) is 0.818. The minimum atomic E-state index is -1.16. The number of amides is 2. The topological polar surface area (TPSA) is 108 Å². The summed E-state index contributed by atoms with van der Waals surface area (Å²) in [5.41, 5.74) is 0. The van der Waals surface area contributed by atoms with Crippen LogP contribution in [0.2, 0.25) is 0 Å². The maximum atomic E-state index is 11.6. The SMILES string of the molecule is COC1CCCC1NC(=O)N[C@H](CCO)C(=O)O. The minimum Gasteiger partial charge on any atom is -0.480 e. The standard InChI is InChI=1S/C11H20N2O5/c1-18-9-4-2-3-7(9)12-11(17)13-8(5-6-14)10(15)16/h7-9,14H,2-6H2,1H3,(H,15,16)(H2,12,13,17)/t7?,8-,9?/m1/s1. The number of aliphatic carboxylic acids is 1. The van der Waals surface area contributed by atoms with Gasteiger partial charge in [-0.25, -0.2) is 9.59 Å². The van der Waals surface area contributed by atoms with E-state index in [1.165, 1.54) is 0 Å². The van der Waals surface area contributed by atoms with Crippen LogP contribution in [0.1, 0.15) is 25.7 Å². The van der Waals surface area contributed by atoms with E-state index in [-0.39, 0.29) is 25.2 Å². The molecular weight excluding hydrogens is 240 g/mol. The number of carbonyl (C=O) groups is 2. The zero-order chi connectivity index (χ0) is 13.5. The van der Waals surface area contributed by atoms with E-state index >= 15 is 0 Å². The van der Waals surface area contributed by atoms with Crippen molar-refractivity contribution in [3.63, 3.8) is 0 Å². The van der Waals surface area contributed by atoms with Crippen LogP contribution in [0.15, 0.2) is 0 Å². The average Bonchev–Trinajstić information content (AvgIpc) is 2.75. The van der Waals surface area contributed by atoms with Gasteiger partial charge in [0.1, 0.15) is 6.04 Å². The van der Waals surface area contributed by atoms with Gasteiger partial charge in [0.05, 0.1) is 12.1 Å². The molecule has 3 atom stereocenters. The van der Waals surface area contributed by atoms with Crippen molar-refractivity contribution in [1.82, 2.24) is 10.6 Å². The van der Waals surface area contributed by atoms with Crippen LogP contribution in [-0.4, -0.2) is 54.1 Å². The van der Waals surface area contributed by atoms with Gasteiger partial charge in [0, 0.05) is 20.1 Å². The highest BCUT2D eigenvalue weighted by Crippen LogP contribution is 2.21. The first-order valence-electron chi connectivity index (χ1n) is 6.02. The molecule has 0 aromatic rings. The summed E-state index contributed by atoms with van der Waals surface area (Å²) >= 11 is 0. The fourth-order valence-electron chi connectivity index (χ4n) is 2.13. The molecule has 0 aromatic carbocycles. The van der Waals surface area contributed by atoms with Crippen molar-refractivity contribution in [2.24, 2.45) is 0 Å². The van der Waals surface area contributed by atoms with Crippen LogP contribution in [0.3, 0.4) is 0 Å².